The third kappa shape index (κ3) is 4.11. The Kier molecular flexibility index (Phi) is 5.87. The topological polar surface area (TPSA) is 55.4 Å². The molecule has 1 atom stereocenters. The van der Waals surface area contributed by atoms with Crippen molar-refractivity contribution in [2.75, 3.05) is 7.11 Å². The average molecular weight is 396 g/mol. The van der Waals surface area contributed by atoms with E-state index in [4.69, 9.17) is 4.74 Å². The van der Waals surface area contributed by atoms with Gasteiger partial charge in [-0.05, 0) is 60.7 Å². The minimum Gasteiger partial charge on any atom is -0.496 e. The van der Waals surface area contributed by atoms with Crippen LogP contribution < -0.4 is 9.46 Å². The van der Waals surface area contributed by atoms with E-state index in [0.29, 0.717) is 11.3 Å². The Bertz CT molecular complexity index is 1080. The van der Waals surface area contributed by atoms with Gasteiger partial charge in [0.1, 0.15) is 5.75 Å². The molecular weight excluding hydrogens is 370 g/mol. The summed E-state index contributed by atoms with van der Waals surface area (Å²) in [6, 6.07) is 20.4. The van der Waals surface area contributed by atoms with Gasteiger partial charge in [-0.15, -0.1) is 0 Å². The lowest BCUT2D eigenvalue weighted by Crippen LogP contribution is -2.30. The Morgan fingerprint density at radius 3 is 2.11 bits per heavy atom. The zero-order chi connectivity index (χ0) is 20.3. The lowest BCUT2D eigenvalue weighted by molar-refractivity contribution is 0.411. The van der Waals surface area contributed by atoms with Crippen molar-refractivity contribution in [3.63, 3.8) is 0 Å². The maximum atomic E-state index is 13.3. The fourth-order valence-corrected chi connectivity index (χ4v) is 4.87. The number of nitrogens with one attached hydrogen (secondary N) is 1. The minimum absolute atomic E-state index is 0.264. The molecule has 5 heteroatoms. The Labute approximate surface area is 167 Å². The van der Waals surface area contributed by atoms with Gasteiger partial charge in [-0.25, -0.2) is 8.42 Å². The predicted octanol–water partition coefficient (Wildman–Crippen LogP) is 4.69. The molecule has 3 aromatic rings. The highest BCUT2D eigenvalue weighted by molar-refractivity contribution is 7.89. The second-order valence-corrected chi connectivity index (χ2v) is 8.59. The van der Waals surface area contributed by atoms with Crippen molar-refractivity contribution in [1.82, 2.24) is 4.72 Å². The molecule has 0 bridgehead atoms. The molecule has 0 amide bonds. The molecule has 0 aliphatic rings. The van der Waals surface area contributed by atoms with Crippen molar-refractivity contribution in [2.45, 2.75) is 31.7 Å². The van der Waals surface area contributed by atoms with Crippen LogP contribution in [0.2, 0.25) is 0 Å². The van der Waals surface area contributed by atoms with Gasteiger partial charge in [0, 0.05) is 0 Å². The SMILES string of the molecule is COc1cc(C)c(S(=O)(=O)N[C@@H](c2ccccc2)c2ccccc2C)cc1C. The molecule has 28 heavy (non-hydrogen) atoms. The first-order valence-corrected chi connectivity index (χ1v) is 10.6. The monoisotopic (exact) mass is 395 g/mol. The molecule has 0 aromatic heterocycles. The standard InChI is InChI=1S/C23H25NO3S/c1-16-10-8-9-13-20(16)23(19-11-6-5-7-12-19)24-28(25,26)22-15-17(2)21(27-4)14-18(22)3/h5-15,23-24H,1-4H3/t23-/m0/s1. The van der Waals surface area contributed by atoms with Gasteiger partial charge in [0.15, 0.2) is 0 Å². The highest BCUT2D eigenvalue weighted by Crippen LogP contribution is 2.30. The number of aryl methyl sites for hydroxylation is 3. The molecule has 0 aliphatic carbocycles. The number of sulfonamides is 1. The molecule has 0 aliphatic heterocycles. The molecule has 0 radical (unpaired) electrons. The number of hydrogen-bond donors (Lipinski definition) is 1. The van der Waals surface area contributed by atoms with Gasteiger partial charge in [0.05, 0.1) is 18.0 Å². The Balaban J connectivity index is 2.08. The lowest BCUT2D eigenvalue weighted by atomic mass is 9.96. The van der Waals surface area contributed by atoms with E-state index >= 15 is 0 Å². The molecule has 0 spiro atoms. The van der Waals surface area contributed by atoms with Crippen LogP contribution in [-0.2, 0) is 10.0 Å². The van der Waals surface area contributed by atoms with Gasteiger partial charge in [0.2, 0.25) is 10.0 Å². The van der Waals surface area contributed by atoms with E-state index in [1.807, 2.05) is 68.4 Å². The van der Waals surface area contributed by atoms with Gasteiger partial charge in [0.25, 0.3) is 0 Å². The van der Waals surface area contributed by atoms with Gasteiger partial charge in [-0.2, -0.15) is 4.72 Å². The molecule has 0 heterocycles. The largest absolute Gasteiger partial charge is 0.496 e. The predicted molar refractivity (Wildman–Crippen MR) is 112 cm³/mol. The van der Waals surface area contributed by atoms with Crippen LogP contribution in [0.5, 0.6) is 5.75 Å². The number of methoxy groups -OCH3 is 1. The second-order valence-electron chi connectivity index (χ2n) is 6.91. The summed E-state index contributed by atoms with van der Waals surface area (Å²) in [7, 11) is -2.18. The second kappa shape index (κ2) is 8.17. The van der Waals surface area contributed by atoms with Crippen LogP contribution in [0.15, 0.2) is 71.6 Å². The maximum absolute atomic E-state index is 13.3. The molecule has 3 aromatic carbocycles. The number of ether oxygens (including phenoxy) is 1. The van der Waals surface area contributed by atoms with Crippen LogP contribution >= 0.6 is 0 Å². The van der Waals surface area contributed by atoms with E-state index < -0.39 is 16.1 Å². The Morgan fingerprint density at radius 2 is 1.46 bits per heavy atom. The molecule has 4 nitrogen and oxygen atoms in total. The third-order valence-electron chi connectivity index (χ3n) is 4.89. The Hall–Kier alpha value is -2.63. The average Bonchev–Trinajstić information content (AvgIpc) is 2.69. The zero-order valence-corrected chi connectivity index (χ0v) is 17.4. The number of rotatable bonds is 6. The smallest absolute Gasteiger partial charge is 0.241 e. The van der Waals surface area contributed by atoms with Gasteiger partial charge >= 0.3 is 0 Å². The molecule has 0 unspecified atom stereocenters. The van der Waals surface area contributed by atoms with E-state index in [9.17, 15) is 8.42 Å². The van der Waals surface area contributed by atoms with E-state index in [1.54, 1.807) is 26.2 Å². The first kappa shape index (κ1) is 20.1. The minimum atomic E-state index is -3.76. The highest BCUT2D eigenvalue weighted by Gasteiger charge is 2.25. The van der Waals surface area contributed by atoms with E-state index in [2.05, 4.69) is 4.72 Å². The van der Waals surface area contributed by atoms with Crippen molar-refractivity contribution in [1.29, 1.82) is 0 Å². The maximum Gasteiger partial charge on any atom is 0.241 e. The van der Waals surface area contributed by atoms with Gasteiger partial charge < -0.3 is 4.74 Å². The summed E-state index contributed by atoms with van der Waals surface area (Å²) in [4.78, 5) is 0.264. The number of benzene rings is 3. The van der Waals surface area contributed by atoms with Crippen LogP contribution in [0.4, 0.5) is 0 Å². The number of hydrogen-bond acceptors (Lipinski definition) is 3. The summed E-state index contributed by atoms with van der Waals surface area (Å²) in [6.45, 7) is 5.61. The van der Waals surface area contributed by atoms with Crippen LogP contribution in [0.25, 0.3) is 0 Å². The van der Waals surface area contributed by atoms with Crippen LogP contribution in [-0.4, -0.2) is 15.5 Å². The third-order valence-corrected chi connectivity index (χ3v) is 6.45. The summed E-state index contributed by atoms with van der Waals surface area (Å²) in [5.41, 5.74) is 4.28. The van der Waals surface area contributed by atoms with Crippen molar-refractivity contribution in [3.05, 3.63) is 94.5 Å². The molecule has 1 N–H and O–H groups in total. The molecule has 146 valence electrons. The summed E-state index contributed by atoms with van der Waals surface area (Å²) in [5.74, 6) is 0.676. The Morgan fingerprint density at radius 1 is 0.821 bits per heavy atom. The quantitative estimate of drug-likeness (QED) is 0.659. The summed E-state index contributed by atoms with van der Waals surface area (Å²) >= 11 is 0. The molecular formula is C23H25NO3S. The van der Waals surface area contributed by atoms with Crippen molar-refractivity contribution in [2.24, 2.45) is 0 Å². The molecule has 0 fully saturated rings. The zero-order valence-electron chi connectivity index (χ0n) is 16.6. The van der Waals surface area contributed by atoms with Gasteiger partial charge in [-0.3, -0.25) is 0 Å². The molecule has 3 rings (SSSR count). The van der Waals surface area contributed by atoms with E-state index in [1.165, 1.54) is 0 Å². The van der Waals surface area contributed by atoms with Gasteiger partial charge in [-0.1, -0.05) is 54.6 Å². The van der Waals surface area contributed by atoms with E-state index in [-0.39, 0.29) is 4.90 Å². The first-order chi connectivity index (χ1) is 13.3. The normalized spacial score (nSPS) is 12.6. The highest BCUT2D eigenvalue weighted by atomic mass is 32.2. The molecule has 0 saturated carbocycles. The molecule has 0 saturated heterocycles. The van der Waals surface area contributed by atoms with Crippen LogP contribution in [0, 0.1) is 20.8 Å². The fourth-order valence-electron chi connectivity index (χ4n) is 3.36. The van der Waals surface area contributed by atoms with Crippen molar-refractivity contribution < 1.29 is 13.2 Å². The van der Waals surface area contributed by atoms with Crippen LogP contribution in [0.3, 0.4) is 0 Å². The van der Waals surface area contributed by atoms with Crippen molar-refractivity contribution in [3.8, 4) is 5.75 Å². The van der Waals surface area contributed by atoms with Crippen molar-refractivity contribution >= 4 is 10.0 Å². The summed E-state index contributed by atoms with van der Waals surface area (Å²) < 4.78 is 34.9. The summed E-state index contributed by atoms with van der Waals surface area (Å²) in [5, 5.41) is 0. The fraction of sp³-hybridized carbons (Fsp3) is 0.217. The van der Waals surface area contributed by atoms with Crippen LogP contribution in [0.1, 0.15) is 33.9 Å². The first-order valence-electron chi connectivity index (χ1n) is 9.11. The van der Waals surface area contributed by atoms with E-state index in [0.717, 1.165) is 22.3 Å². The summed E-state index contributed by atoms with van der Waals surface area (Å²) in [6.07, 6.45) is 0. The lowest BCUT2D eigenvalue weighted by Gasteiger charge is -2.22.